The maximum atomic E-state index is 12.7. The molecular formula is C20H26ClN3O3S. The van der Waals surface area contributed by atoms with Crippen LogP contribution in [0.15, 0.2) is 47.4 Å². The van der Waals surface area contributed by atoms with Gasteiger partial charge in [0.25, 0.3) is 0 Å². The van der Waals surface area contributed by atoms with E-state index in [1.54, 1.807) is 35.2 Å². The summed E-state index contributed by atoms with van der Waals surface area (Å²) in [4.78, 5) is 14.7. The Hall–Kier alpha value is -2.09. The summed E-state index contributed by atoms with van der Waals surface area (Å²) in [7, 11) is -3.50. The molecule has 0 aromatic heterocycles. The van der Waals surface area contributed by atoms with Crippen molar-refractivity contribution in [2.75, 3.05) is 30.3 Å². The number of hydrogen-bond donors (Lipinski definition) is 1. The predicted molar refractivity (Wildman–Crippen MR) is 114 cm³/mol. The highest BCUT2D eigenvalue weighted by atomic mass is 35.5. The molecule has 0 unspecified atom stereocenters. The van der Waals surface area contributed by atoms with Crippen LogP contribution >= 0.6 is 12.4 Å². The van der Waals surface area contributed by atoms with Crippen molar-refractivity contribution < 1.29 is 13.2 Å². The Morgan fingerprint density at radius 2 is 1.75 bits per heavy atom. The first-order valence-electron chi connectivity index (χ1n) is 9.14. The van der Waals surface area contributed by atoms with Gasteiger partial charge in [-0.05, 0) is 47.9 Å². The predicted octanol–water partition coefficient (Wildman–Crippen LogP) is 2.85. The van der Waals surface area contributed by atoms with E-state index >= 15 is 0 Å². The van der Waals surface area contributed by atoms with Crippen LogP contribution in [0.4, 0.5) is 11.4 Å². The van der Waals surface area contributed by atoms with Crippen molar-refractivity contribution in [3.63, 3.8) is 0 Å². The van der Waals surface area contributed by atoms with Crippen molar-refractivity contribution in [1.82, 2.24) is 4.31 Å². The number of amides is 1. The molecule has 152 valence electrons. The Morgan fingerprint density at radius 1 is 1.11 bits per heavy atom. The molecule has 0 saturated heterocycles. The minimum Gasteiger partial charge on any atom is -0.399 e. The van der Waals surface area contributed by atoms with Gasteiger partial charge < -0.3 is 10.6 Å². The molecule has 6 nitrogen and oxygen atoms in total. The molecule has 2 N–H and O–H groups in total. The maximum Gasteiger partial charge on any atom is 0.243 e. The van der Waals surface area contributed by atoms with Gasteiger partial charge >= 0.3 is 0 Å². The van der Waals surface area contributed by atoms with E-state index in [4.69, 9.17) is 5.73 Å². The van der Waals surface area contributed by atoms with Crippen molar-refractivity contribution >= 4 is 39.7 Å². The second-order valence-corrected chi connectivity index (χ2v) is 8.53. The Morgan fingerprint density at radius 3 is 2.36 bits per heavy atom. The summed E-state index contributed by atoms with van der Waals surface area (Å²) >= 11 is 0. The molecule has 1 aliphatic heterocycles. The molecule has 0 aliphatic carbocycles. The van der Waals surface area contributed by atoms with E-state index in [1.165, 1.54) is 4.31 Å². The van der Waals surface area contributed by atoms with Gasteiger partial charge in [0.2, 0.25) is 15.9 Å². The molecule has 2 aromatic carbocycles. The first-order valence-corrected chi connectivity index (χ1v) is 10.6. The molecule has 0 saturated carbocycles. The highest BCUT2D eigenvalue weighted by Crippen LogP contribution is 2.31. The summed E-state index contributed by atoms with van der Waals surface area (Å²) in [5, 5.41) is 0. The van der Waals surface area contributed by atoms with Crippen LogP contribution in [0.2, 0.25) is 0 Å². The van der Waals surface area contributed by atoms with E-state index < -0.39 is 10.0 Å². The number of anilines is 2. The van der Waals surface area contributed by atoms with Crippen LogP contribution in [-0.4, -0.2) is 38.3 Å². The number of halogens is 1. The summed E-state index contributed by atoms with van der Waals surface area (Å²) in [5.41, 5.74) is 8.95. The van der Waals surface area contributed by atoms with Crippen LogP contribution in [0.25, 0.3) is 0 Å². The largest absolute Gasteiger partial charge is 0.399 e. The van der Waals surface area contributed by atoms with Crippen LogP contribution in [0.5, 0.6) is 0 Å². The quantitative estimate of drug-likeness (QED) is 0.724. The average Bonchev–Trinajstić information content (AvgIpc) is 3.07. The molecule has 8 heteroatoms. The Balaban J connectivity index is 0.00000280. The molecule has 0 atom stereocenters. The van der Waals surface area contributed by atoms with Crippen LogP contribution in [-0.2, 0) is 27.7 Å². The molecule has 1 heterocycles. The third kappa shape index (κ3) is 4.32. The molecule has 1 aliphatic rings. The van der Waals surface area contributed by atoms with Gasteiger partial charge in [-0.15, -0.1) is 12.4 Å². The van der Waals surface area contributed by atoms with E-state index in [0.717, 1.165) is 16.8 Å². The summed E-state index contributed by atoms with van der Waals surface area (Å²) < 4.78 is 26.9. The molecule has 0 radical (unpaired) electrons. The summed E-state index contributed by atoms with van der Waals surface area (Å²) in [6.45, 7) is 5.08. The van der Waals surface area contributed by atoms with Gasteiger partial charge in [0.1, 0.15) is 0 Å². The second-order valence-electron chi connectivity index (χ2n) is 6.59. The van der Waals surface area contributed by atoms with E-state index in [1.807, 2.05) is 26.0 Å². The van der Waals surface area contributed by atoms with Crippen molar-refractivity contribution in [1.29, 1.82) is 0 Å². The zero-order chi connectivity index (χ0) is 19.6. The minimum absolute atomic E-state index is 0. The lowest BCUT2D eigenvalue weighted by Crippen LogP contribution is -2.31. The smallest absolute Gasteiger partial charge is 0.243 e. The number of sulfonamides is 1. The minimum atomic E-state index is -3.50. The van der Waals surface area contributed by atoms with Gasteiger partial charge in [0.05, 0.1) is 11.3 Å². The molecule has 3 rings (SSSR count). The Bertz CT molecular complexity index is 942. The van der Waals surface area contributed by atoms with Gasteiger partial charge in [-0.1, -0.05) is 26.0 Å². The van der Waals surface area contributed by atoms with E-state index in [2.05, 4.69) is 0 Å². The molecular weight excluding hydrogens is 398 g/mol. The SMILES string of the molecule is CCN(CC)S(=O)(=O)c1ccc2c(c1)CCN2C(=O)Cc1ccc(N)cc1.Cl. The number of nitrogens with two attached hydrogens (primary N) is 1. The number of carbonyl (C=O) groups excluding carboxylic acids is 1. The van der Waals surface area contributed by atoms with Gasteiger partial charge in [0.15, 0.2) is 0 Å². The Labute approximate surface area is 172 Å². The van der Waals surface area contributed by atoms with Crippen LogP contribution in [0.1, 0.15) is 25.0 Å². The lowest BCUT2D eigenvalue weighted by molar-refractivity contribution is -0.117. The lowest BCUT2D eigenvalue weighted by Gasteiger charge is -2.20. The summed E-state index contributed by atoms with van der Waals surface area (Å²) in [6, 6.07) is 12.3. The fourth-order valence-corrected chi connectivity index (χ4v) is 4.92. The average molecular weight is 424 g/mol. The zero-order valence-electron chi connectivity index (χ0n) is 16.1. The maximum absolute atomic E-state index is 12.7. The normalized spacial score (nSPS) is 13.3. The third-order valence-electron chi connectivity index (χ3n) is 4.93. The summed E-state index contributed by atoms with van der Waals surface area (Å²) in [6.07, 6.45) is 0.948. The number of nitrogens with zero attached hydrogens (tertiary/aromatic N) is 2. The van der Waals surface area contributed by atoms with Crippen LogP contribution in [0.3, 0.4) is 0 Å². The standard InChI is InChI=1S/C20H25N3O3S.ClH/c1-3-22(4-2)27(25,26)18-9-10-19-16(14-18)11-12-23(19)20(24)13-15-5-7-17(21)8-6-15;/h5-10,14H,3-4,11-13,21H2,1-2H3;1H. The fraction of sp³-hybridized carbons (Fsp3) is 0.350. The number of fused-ring (bicyclic) bond motifs is 1. The van der Waals surface area contributed by atoms with Crippen molar-refractivity contribution in [3.05, 3.63) is 53.6 Å². The fourth-order valence-electron chi connectivity index (χ4n) is 3.42. The number of carbonyl (C=O) groups is 1. The number of rotatable bonds is 6. The molecule has 1 amide bonds. The summed E-state index contributed by atoms with van der Waals surface area (Å²) in [5.74, 6) is -0.00197. The van der Waals surface area contributed by atoms with Gasteiger partial charge in [-0.3, -0.25) is 4.79 Å². The highest BCUT2D eigenvalue weighted by molar-refractivity contribution is 7.89. The van der Waals surface area contributed by atoms with Crippen molar-refractivity contribution in [3.8, 4) is 0 Å². The van der Waals surface area contributed by atoms with Crippen molar-refractivity contribution in [2.45, 2.75) is 31.6 Å². The van der Waals surface area contributed by atoms with E-state index in [9.17, 15) is 13.2 Å². The van der Waals surface area contributed by atoms with Gasteiger partial charge in [-0.25, -0.2) is 8.42 Å². The lowest BCUT2D eigenvalue weighted by atomic mass is 10.1. The van der Waals surface area contributed by atoms with Crippen molar-refractivity contribution in [2.24, 2.45) is 0 Å². The van der Waals surface area contributed by atoms with Gasteiger partial charge in [-0.2, -0.15) is 4.31 Å². The molecule has 0 spiro atoms. The molecule has 2 aromatic rings. The topological polar surface area (TPSA) is 83.7 Å². The van der Waals surface area contributed by atoms with E-state index in [-0.39, 0.29) is 23.2 Å². The second kappa shape index (κ2) is 8.94. The number of benzene rings is 2. The Kier molecular flexibility index (Phi) is 7.09. The van der Waals surface area contributed by atoms with Crippen LogP contribution in [0, 0.1) is 0 Å². The monoisotopic (exact) mass is 423 g/mol. The highest BCUT2D eigenvalue weighted by Gasteiger charge is 2.28. The van der Waals surface area contributed by atoms with E-state index in [0.29, 0.717) is 38.2 Å². The zero-order valence-corrected chi connectivity index (χ0v) is 17.7. The molecule has 0 fully saturated rings. The first kappa shape index (κ1) is 22.2. The van der Waals surface area contributed by atoms with Gasteiger partial charge in [0, 0.05) is 31.0 Å². The number of hydrogen-bond acceptors (Lipinski definition) is 4. The number of nitrogen functional groups attached to an aromatic ring is 1. The third-order valence-corrected chi connectivity index (χ3v) is 6.97. The first-order chi connectivity index (χ1) is 12.9. The molecule has 28 heavy (non-hydrogen) atoms. The molecule has 0 bridgehead atoms. The van der Waals surface area contributed by atoms with Crippen LogP contribution < -0.4 is 10.6 Å².